The molecule has 0 unspecified atom stereocenters. The van der Waals surface area contributed by atoms with E-state index in [0.29, 0.717) is 0 Å². The second kappa shape index (κ2) is 7.22. The number of hydrogen-bond acceptors (Lipinski definition) is 2. The number of anilines is 1. The molecule has 0 spiro atoms. The van der Waals surface area contributed by atoms with Crippen molar-refractivity contribution in [1.29, 1.82) is 0 Å². The largest absolute Gasteiger partial charge is 0.398 e. The number of benzene rings is 1. The number of halogens is 2. The smallest absolute Gasteiger partial charge is 0.0359 e. The molecule has 0 atom stereocenters. The van der Waals surface area contributed by atoms with Crippen LogP contribution < -0.4 is 11.1 Å². The lowest BCUT2D eigenvalue weighted by Gasteiger charge is -2.02. The van der Waals surface area contributed by atoms with E-state index < -0.39 is 0 Å². The molecule has 0 aliphatic heterocycles. The number of nitrogens with one attached hydrogen (secondary N) is 1. The van der Waals surface area contributed by atoms with Crippen LogP contribution in [0.1, 0.15) is 5.56 Å². The Labute approximate surface area is 85.4 Å². The maximum Gasteiger partial charge on any atom is 0.0359 e. The molecule has 0 bridgehead atoms. The molecule has 4 heteroatoms. The molecule has 0 aliphatic carbocycles. The summed E-state index contributed by atoms with van der Waals surface area (Å²) in [5, 5.41) is 3.04. The lowest BCUT2D eigenvalue weighted by atomic mass is 10.2. The molecular weight excluding hydrogens is 195 g/mol. The second-order valence-electron chi connectivity index (χ2n) is 2.23. The highest BCUT2D eigenvalue weighted by atomic mass is 35.5. The Morgan fingerprint density at radius 1 is 1.25 bits per heavy atom. The normalized spacial score (nSPS) is 8.08. The average molecular weight is 209 g/mol. The fourth-order valence-corrected chi connectivity index (χ4v) is 0.886. The van der Waals surface area contributed by atoms with Crippen molar-refractivity contribution in [3.05, 3.63) is 29.8 Å². The molecule has 0 amide bonds. The van der Waals surface area contributed by atoms with E-state index >= 15 is 0 Å². The van der Waals surface area contributed by atoms with E-state index in [0.717, 1.165) is 17.8 Å². The van der Waals surface area contributed by atoms with E-state index in [-0.39, 0.29) is 24.8 Å². The predicted octanol–water partition coefficient (Wildman–Crippen LogP) is 1.83. The lowest BCUT2D eigenvalue weighted by molar-refractivity contribution is 0.820. The number of hydrogen-bond donors (Lipinski definition) is 2. The molecule has 0 saturated carbocycles. The summed E-state index contributed by atoms with van der Waals surface area (Å²) in [6, 6.07) is 7.86. The van der Waals surface area contributed by atoms with Gasteiger partial charge in [0.15, 0.2) is 0 Å². The maximum absolute atomic E-state index is 5.67. The molecule has 0 radical (unpaired) electrons. The van der Waals surface area contributed by atoms with Crippen LogP contribution in [0.25, 0.3) is 0 Å². The Morgan fingerprint density at radius 2 is 1.83 bits per heavy atom. The highest BCUT2D eigenvalue weighted by Gasteiger charge is 1.92. The monoisotopic (exact) mass is 208 g/mol. The first-order valence-electron chi connectivity index (χ1n) is 3.32. The van der Waals surface area contributed by atoms with Gasteiger partial charge in [-0.2, -0.15) is 0 Å². The fraction of sp³-hybridized carbons (Fsp3) is 0.250. The van der Waals surface area contributed by atoms with Gasteiger partial charge in [0.2, 0.25) is 0 Å². The zero-order valence-electron chi connectivity index (χ0n) is 6.91. The molecule has 12 heavy (non-hydrogen) atoms. The van der Waals surface area contributed by atoms with Crippen LogP contribution in [0.3, 0.4) is 0 Å². The molecule has 0 saturated heterocycles. The van der Waals surface area contributed by atoms with E-state index in [2.05, 4.69) is 5.32 Å². The molecule has 0 aromatic heterocycles. The third kappa shape index (κ3) is 3.81. The van der Waals surface area contributed by atoms with Gasteiger partial charge < -0.3 is 11.1 Å². The Morgan fingerprint density at radius 3 is 2.33 bits per heavy atom. The molecule has 70 valence electrons. The van der Waals surface area contributed by atoms with E-state index in [1.165, 1.54) is 0 Å². The van der Waals surface area contributed by atoms with Gasteiger partial charge in [0.05, 0.1) is 0 Å². The Kier molecular flexibility index (Phi) is 8.49. The molecular formula is C8H14Cl2N2. The fourth-order valence-electron chi connectivity index (χ4n) is 0.886. The molecule has 1 aromatic rings. The van der Waals surface area contributed by atoms with Crippen molar-refractivity contribution in [3.63, 3.8) is 0 Å². The van der Waals surface area contributed by atoms with Crippen LogP contribution in [-0.2, 0) is 6.54 Å². The Hall–Kier alpha value is -0.440. The quantitative estimate of drug-likeness (QED) is 0.729. The van der Waals surface area contributed by atoms with Gasteiger partial charge >= 0.3 is 0 Å². The lowest BCUT2D eigenvalue weighted by Crippen LogP contribution is -2.06. The van der Waals surface area contributed by atoms with Crippen molar-refractivity contribution in [2.24, 2.45) is 0 Å². The van der Waals surface area contributed by atoms with Crippen LogP contribution >= 0.6 is 24.8 Å². The van der Waals surface area contributed by atoms with Crippen LogP contribution in [0.15, 0.2) is 24.3 Å². The van der Waals surface area contributed by atoms with Crippen LogP contribution in [0.5, 0.6) is 0 Å². The topological polar surface area (TPSA) is 38.0 Å². The molecule has 0 heterocycles. The highest BCUT2D eigenvalue weighted by Crippen LogP contribution is 2.08. The number of nitrogens with two attached hydrogens (primary N) is 1. The van der Waals surface area contributed by atoms with E-state index in [4.69, 9.17) is 5.73 Å². The van der Waals surface area contributed by atoms with Crippen molar-refractivity contribution in [2.75, 3.05) is 12.8 Å². The highest BCUT2D eigenvalue weighted by molar-refractivity contribution is 5.85. The minimum absolute atomic E-state index is 0. The molecule has 2 nitrogen and oxygen atoms in total. The molecule has 0 fully saturated rings. The maximum atomic E-state index is 5.67. The van der Waals surface area contributed by atoms with Gasteiger partial charge in [0, 0.05) is 12.2 Å². The number of para-hydroxylation sites is 1. The number of rotatable bonds is 2. The van der Waals surface area contributed by atoms with Crippen molar-refractivity contribution >= 4 is 30.5 Å². The van der Waals surface area contributed by atoms with Gasteiger partial charge in [-0.1, -0.05) is 18.2 Å². The molecule has 0 aliphatic rings. The first kappa shape index (κ1) is 14.1. The van der Waals surface area contributed by atoms with Crippen LogP contribution in [0.2, 0.25) is 0 Å². The van der Waals surface area contributed by atoms with Crippen molar-refractivity contribution in [3.8, 4) is 0 Å². The van der Waals surface area contributed by atoms with Gasteiger partial charge in [-0.25, -0.2) is 0 Å². The SMILES string of the molecule is CNCc1ccccc1N.Cl.Cl. The van der Waals surface area contributed by atoms with Gasteiger partial charge in [-0.3, -0.25) is 0 Å². The average Bonchev–Trinajstić information content (AvgIpc) is 1.94. The first-order valence-corrected chi connectivity index (χ1v) is 3.32. The van der Waals surface area contributed by atoms with Gasteiger partial charge in [0.1, 0.15) is 0 Å². The zero-order chi connectivity index (χ0) is 7.40. The summed E-state index contributed by atoms with van der Waals surface area (Å²) >= 11 is 0. The van der Waals surface area contributed by atoms with E-state index in [1.54, 1.807) is 0 Å². The van der Waals surface area contributed by atoms with Crippen LogP contribution in [0.4, 0.5) is 5.69 Å². The zero-order valence-corrected chi connectivity index (χ0v) is 8.54. The molecule has 1 aromatic carbocycles. The summed E-state index contributed by atoms with van der Waals surface area (Å²) in [6.45, 7) is 0.840. The summed E-state index contributed by atoms with van der Waals surface area (Å²) in [5.41, 5.74) is 7.68. The summed E-state index contributed by atoms with van der Waals surface area (Å²) in [7, 11) is 1.91. The van der Waals surface area contributed by atoms with Crippen molar-refractivity contribution in [1.82, 2.24) is 5.32 Å². The van der Waals surface area contributed by atoms with Gasteiger partial charge in [-0.15, -0.1) is 24.8 Å². The Bertz CT molecular complexity index is 216. The standard InChI is InChI=1S/C8H12N2.2ClH/c1-10-6-7-4-2-3-5-8(7)9;;/h2-5,10H,6,9H2,1H3;2*1H. The van der Waals surface area contributed by atoms with Gasteiger partial charge in [-0.05, 0) is 18.7 Å². The van der Waals surface area contributed by atoms with E-state index in [1.807, 2.05) is 31.3 Å². The summed E-state index contributed by atoms with van der Waals surface area (Å²) in [6.07, 6.45) is 0. The van der Waals surface area contributed by atoms with Gasteiger partial charge in [0.25, 0.3) is 0 Å². The third-order valence-electron chi connectivity index (χ3n) is 1.42. The van der Waals surface area contributed by atoms with Crippen LogP contribution in [0, 0.1) is 0 Å². The summed E-state index contributed by atoms with van der Waals surface area (Å²) < 4.78 is 0. The molecule has 3 N–H and O–H groups in total. The minimum atomic E-state index is 0. The number of nitrogen functional groups attached to an aromatic ring is 1. The minimum Gasteiger partial charge on any atom is -0.398 e. The first-order chi connectivity index (χ1) is 4.84. The molecule has 1 rings (SSSR count). The summed E-state index contributed by atoms with van der Waals surface area (Å²) in [5.74, 6) is 0. The second-order valence-corrected chi connectivity index (χ2v) is 2.23. The van der Waals surface area contributed by atoms with Crippen molar-refractivity contribution in [2.45, 2.75) is 6.54 Å². The Balaban J connectivity index is 0. The van der Waals surface area contributed by atoms with Crippen LogP contribution in [-0.4, -0.2) is 7.05 Å². The summed E-state index contributed by atoms with van der Waals surface area (Å²) in [4.78, 5) is 0. The van der Waals surface area contributed by atoms with E-state index in [9.17, 15) is 0 Å². The predicted molar refractivity (Wildman–Crippen MR) is 58.1 cm³/mol. The van der Waals surface area contributed by atoms with Crippen molar-refractivity contribution < 1.29 is 0 Å². The third-order valence-corrected chi connectivity index (χ3v) is 1.42.